The number of pyridine rings is 1. The molecule has 1 aromatic carbocycles. The first-order chi connectivity index (χ1) is 17.2. The molecule has 1 aromatic heterocycles. The molecular weight excluding hydrogens is 495 g/mol. The standard InChI is InChI=1S/C26H27F5N4O2/c1-15(2)24(32)34-35-11-9-17(13-16(35)3)19-6-7-20(28)23(22(19)29)37-12-10-26(30,31)25(4,36)21-8-5-18(27)14-33-21/h5-9,11,13-15,36H,3,10,12H2,1-2,4H3,(H2,32,34). The summed E-state index contributed by atoms with van der Waals surface area (Å²) in [6, 6.07) is 3.94. The smallest absolute Gasteiger partial charge is 0.284 e. The topological polar surface area (TPSA) is 84.0 Å². The number of alkyl halides is 2. The molecule has 1 atom stereocenters. The number of ether oxygens (including phenoxy) is 1. The van der Waals surface area contributed by atoms with Crippen LogP contribution in [-0.2, 0) is 5.60 Å². The Labute approximate surface area is 211 Å². The summed E-state index contributed by atoms with van der Waals surface area (Å²) in [6.07, 6.45) is 4.10. The number of nitrogens with zero attached hydrogens (tertiary/aromatic N) is 3. The van der Waals surface area contributed by atoms with Crippen LogP contribution >= 0.6 is 0 Å². The second-order valence-corrected chi connectivity index (χ2v) is 8.91. The summed E-state index contributed by atoms with van der Waals surface area (Å²) < 4.78 is 77.3. The quantitative estimate of drug-likeness (QED) is 0.259. The summed E-state index contributed by atoms with van der Waals surface area (Å²) in [5.74, 6) is -7.28. The Morgan fingerprint density at radius 2 is 1.92 bits per heavy atom. The first-order valence-electron chi connectivity index (χ1n) is 11.3. The van der Waals surface area contributed by atoms with E-state index in [4.69, 9.17) is 10.5 Å². The van der Waals surface area contributed by atoms with Crippen LogP contribution in [0.2, 0.25) is 0 Å². The molecule has 0 saturated carbocycles. The van der Waals surface area contributed by atoms with Crippen LogP contribution in [0.4, 0.5) is 22.0 Å². The molecule has 6 nitrogen and oxygen atoms in total. The predicted octanol–water partition coefficient (Wildman–Crippen LogP) is 5.47. The van der Waals surface area contributed by atoms with Crippen molar-refractivity contribution in [1.29, 1.82) is 0 Å². The van der Waals surface area contributed by atoms with Crippen LogP contribution in [0.3, 0.4) is 0 Å². The number of hydrogen-bond donors (Lipinski definition) is 2. The van der Waals surface area contributed by atoms with Gasteiger partial charge < -0.3 is 15.6 Å². The van der Waals surface area contributed by atoms with Gasteiger partial charge in [-0.15, -0.1) is 0 Å². The van der Waals surface area contributed by atoms with Gasteiger partial charge in [-0.1, -0.05) is 20.4 Å². The molecular formula is C26H27F5N4O2. The van der Waals surface area contributed by atoms with E-state index in [1.165, 1.54) is 29.4 Å². The maximum absolute atomic E-state index is 15.2. The lowest BCUT2D eigenvalue weighted by Gasteiger charge is -2.32. The lowest BCUT2D eigenvalue weighted by Crippen LogP contribution is -2.44. The van der Waals surface area contributed by atoms with Gasteiger partial charge in [-0.2, -0.15) is 5.10 Å². The van der Waals surface area contributed by atoms with Crippen LogP contribution in [0.1, 0.15) is 38.4 Å². The third kappa shape index (κ3) is 5.99. The molecule has 0 saturated heterocycles. The van der Waals surface area contributed by atoms with E-state index < -0.39 is 53.4 Å². The van der Waals surface area contributed by atoms with Crippen LogP contribution in [0.25, 0.3) is 5.57 Å². The van der Waals surface area contributed by atoms with E-state index in [9.17, 15) is 22.7 Å². The Morgan fingerprint density at radius 1 is 1.22 bits per heavy atom. The van der Waals surface area contributed by atoms with Gasteiger partial charge in [-0.3, -0.25) is 4.98 Å². The highest BCUT2D eigenvalue weighted by Gasteiger charge is 2.51. The minimum absolute atomic E-state index is 0.0103. The highest BCUT2D eigenvalue weighted by molar-refractivity contribution is 5.82. The van der Waals surface area contributed by atoms with E-state index >= 15 is 4.39 Å². The van der Waals surface area contributed by atoms with E-state index in [-0.39, 0.29) is 11.5 Å². The zero-order valence-corrected chi connectivity index (χ0v) is 20.5. The average Bonchev–Trinajstić information content (AvgIpc) is 2.82. The normalized spacial score (nSPS) is 16.2. The fraction of sp³-hybridized carbons (Fsp3) is 0.308. The predicted molar refractivity (Wildman–Crippen MR) is 130 cm³/mol. The molecule has 3 N–H and O–H groups in total. The second-order valence-electron chi connectivity index (χ2n) is 8.91. The largest absolute Gasteiger partial charge is 0.487 e. The van der Waals surface area contributed by atoms with Gasteiger partial charge in [0, 0.05) is 24.1 Å². The van der Waals surface area contributed by atoms with Gasteiger partial charge in [0.2, 0.25) is 0 Å². The fourth-order valence-corrected chi connectivity index (χ4v) is 3.31. The van der Waals surface area contributed by atoms with Crippen LogP contribution < -0.4 is 10.5 Å². The minimum atomic E-state index is -3.82. The Kier molecular flexibility index (Phi) is 8.06. The molecule has 1 unspecified atom stereocenters. The van der Waals surface area contributed by atoms with E-state index in [0.717, 1.165) is 25.1 Å². The van der Waals surface area contributed by atoms with Crippen molar-refractivity contribution in [2.45, 2.75) is 38.7 Å². The summed E-state index contributed by atoms with van der Waals surface area (Å²) in [7, 11) is 0. The molecule has 0 radical (unpaired) electrons. The Morgan fingerprint density at radius 3 is 2.51 bits per heavy atom. The van der Waals surface area contributed by atoms with Crippen molar-refractivity contribution in [3.8, 4) is 5.75 Å². The number of nitrogens with two attached hydrogens (primary N) is 1. The molecule has 0 spiro atoms. The summed E-state index contributed by atoms with van der Waals surface area (Å²) in [5, 5.41) is 16.0. The molecule has 0 aliphatic carbocycles. The van der Waals surface area contributed by atoms with E-state index in [0.29, 0.717) is 23.3 Å². The van der Waals surface area contributed by atoms with Crippen molar-refractivity contribution in [2.24, 2.45) is 16.8 Å². The van der Waals surface area contributed by atoms with E-state index in [1.807, 2.05) is 13.8 Å². The number of hydrazone groups is 1. The van der Waals surface area contributed by atoms with Crippen LogP contribution in [-0.4, -0.2) is 33.5 Å². The summed E-state index contributed by atoms with van der Waals surface area (Å²) in [4.78, 5) is 3.51. The molecule has 1 aliphatic rings. The third-order valence-electron chi connectivity index (χ3n) is 5.79. The molecule has 198 valence electrons. The maximum atomic E-state index is 15.2. The van der Waals surface area contributed by atoms with Gasteiger partial charge >= 0.3 is 0 Å². The maximum Gasteiger partial charge on any atom is 0.284 e. The monoisotopic (exact) mass is 522 g/mol. The highest BCUT2D eigenvalue weighted by atomic mass is 19.3. The lowest BCUT2D eigenvalue weighted by atomic mass is 9.91. The number of benzene rings is 1. The first-order valence-corrected chi connectivity index (χ1v) is 11.3. The zero-order valence-electron chi connectivity index (χ0n) is 20.5. The van der Waals surface area contributed by atoms with Crippen LogP contribution in [0, 0.1) is 23.4 Å². The van der Waals surface area contributed by atoms with Gasteiger partial charge in [-0.05, 0) is 48.9 Å². The Balaban J connectivity index is 1.76. The second kappa shape index (κ2) is 10.7. The van der Waals surface area contributed by atoms with Gasteiger partial charge in [0.15, 0.2) is 23.0 Å². The van der Waals surface area contributed by atoms with Gasteiger partial charge in [0.05, 0.1) is 24.2 Å². The fourth-order valence-electron chi connectivity index (χ4n) is 3.31. The molecule has 0 bridgehead atoms. The molecule has 2 heterocycles. The molecule has 2 aromatic rings. The van der Waals surface area contributed by atoms with Crippen molar-refractivity contribution >= 4 is 11.4 Å². The summed E-state index contributed by atoms with van der Waals surface area (Å²) >= 11 is 0. The Hall–Kier alpha value is -3.73. The lowest BCUT2D eigenvalue weighted by molar-refractivity contribution is -0.186. The van der Waals surface area contributed by atoms with Crippen LogP contribution in [0.15, 0.2) is 66.2 Å². The molecule has 37 heavy (non-hydrogen) atoms. The minimum Gasteiger partial charge on any atom is -0.487 e. The van der Waals surface area contributed by atoms with Gasteiger partial charge in [-0.25, -0.2) is 27.0 Å². The van der Waals surface area contributed by atoms with Crippen molar-refractivity contribution in [2.75, 3.05) is 6.61 Å². The number of hydrogen-bond acceptors (Lipinski definition) is 5. The van der Waals surface area contributed by atoms with Crippen molar-refractivity contribution in [3.05, 3.63) is 89.8 Å². The number of halogens is 5. The first kappa shape index (κ1) is 27.9. The average molecular weight is 523 g/mol. The zero-order chi connectivity index (χ0) is 27.5. The van der Waals surface area contributed by atoms with E-state index in [1.54, 1.807) is 0 Å². The molecule has 3 rings (SSSR count). The SMILES string of the molecule is C=C1C=C(c2ccc(F)c(OCCC(F)(F)C(C)(O)c3ccc(F)cn3)c2F)C=CN1/N=C(/N)C(C)C. The summed E-state index contributed by atoms with van der Waals surface area (Å²) in [6.45, 7) is 7.56. The number of aromatic nitrogens is 1. The molecule has 11 heteroatoms. The highest BCUT2D eigenvalue weighted by Crippen LogP contribution is 2.39. The molecule has 0 fully saturated rings. The van der Waals surface area contributed by atoms with Crippen LogP contribution in [0.5, 0.6) is 5.75 Å². The number of aliphatic hydroxyl groups is 1. The van der Waals surface area contributed by atoms with Gasteiger partial charge in [0.1, 0.15) is 11.7 Å². The van der Waals surface area contributed by atoms with Crippen molar-refractivity contribution < 1.29 is 31.8 Å². The molecule has 1 aliphatic heterocycles. The summed E-state index contributed by atoms with van der Waals surface area (Å²) in [5.41, 5.74) is 3.24. The van der Waals surface area contributed by atoms with E-state index in [2.05, 4.69) is 16.7 Å². The van der Waals surface area contributed by atoms with Crippen molar-refractivity contribution in [1.82, 2.24) is 9.99 Å². The molecule has 0 amide bonds. The third-order valence-corrected chi connectivity index (χ3v) is 5.79. The number of amidine groups is 1. The number of allylic oxidation sites excluding steroid dienone is 3. The van der Waals surface area contributed by atoms with Crippen molar-refractivity contribution in [3.63, 3.8) is 0 Å². The van der Waals surface area contributed by atoms with Gasteiger partial charge in [0.25, 0.3) is 5.92 Å². The number of rotatable bonds is 9. The Bertz CT molecular complexity index is 1250.